The number of hydrogen-bond acceptors (Lipinski definition) is 6. The second-order valence-electron chi connectivity index (χ2n) is 8.46. The third-order valence-electron chi connectivity index (χ3n) is 5.31. The fourth-order valence-electron chi connectivity index (χ4n) is 3.43. The molecular weight excluding hydrogens is 492 g/mol. The number of ether oxygens (including phenoxy) is 1. The van der Waals surface area contributed by atoms with Crippen molar-refractivity contribution in [2.45, 2.75) is 19.9 Å². The van der Waals surface area contributed by atoms with Gasteiger partial charge in [0.1, 0.15) is 12.3 Å². The molecule has 0 aliphatic rings. The van der Waals surface area contributed by atoms with Crippen molar-refractivity contribution >= 4 is 33.7 Å². The molecule has 10 heteroatoms. The fourth-order valence-corrected chi connectivity index (χ4v) is 4.28. The first-order valence-corrected chi connectivity index (χ1v) is 13.4. The van der Waals surface area contributed by atoms with Crippen molar-refractivity contribution in [1.29, 1.82) is 0 Å². The van der Waals surface area contributed by atoms with Crippen molar-refractivity contribution in [3.8, 4) is 5.75 Å². The maximum absolute atomic E-state index is 12.3. The third kappa shape index (κ3) is 8.76. The van der Waals surface area contributed by atoms with Crippen LogP contribution in [0.1, 0.15) is 29.7 Å². The molecule has 0 saturated carbocycles. The van der Waals surface area contributed by atoms with Crippen LogP contribution in [0.25, 0.3) is 0 Å². The highest BCUT2D eigenvalue weighted by Gasteiger charge is 2.20. The summed E-state index contributed by atoms with van der Waals surface area (Å²) < 4.78 is 30.9. The summed E-state index contributed by atoms with van der Waals surface area (Å²) in [4.78, 5) is 24.5. The molecule has 0 heterocycles. The van der Waals surface area contributed by atoms with E-state index in [0.717, 1.165) is 21.7 Å². The van der Waals surface area contributed by atoms with Crippen molar-refractivity contribution in [3.63, 3.8) is 0 Å². The van der Waals surface area contributed by atoms with E-state index in [1.165, 1.54) is 6.21 Å². The van der Waals surface area contributed by atoms with Gasteiger partial charge in [-0.3, -0.25) is 13.9 Å². The Morgan fingerprint density at radius 1 is 1.00 bits per heavy atom. The largest absolute Gasteiger partial charge is 0.484 e. The third-order valence-corrected chi connectivity index (χ3v) is 6.45. The minimum Gasteiger partial charge on any atom is -0.484 e. The van der Waals surface area contributed by atoms with Gasteiger partial charge in [-0.15, -0.1) is 0 Å². The van der Waals surface area contributed by atoms with E-state index in [4.69, 9.17) is 4.74 Å². The van der Waals surface area contributed by atoms with Crippen LogP contribution < -0.4 is 19.8 Å². The fraction of sp³-hybridized carbons (Fsp3) is 0.222. The van der Waals surface area contributed by atoms with E-state index in [-0.39, 0.29) is 18.6 Å². The summed E-state index contributed by atoms with van der Waals surface area (Å²) in [5, 5.41) is 6.79. The Morgan fingerprint density at radius 2 is 1.70 bits per heavy atom. The number of nitrogens with zero attached hydrogens (tertiary/aromatic N) is 2. The molecule has 3 aromatic rings. The number of carbonyl (C=O) groups excluding carboxylic acids is 2. The van der Waals surface area contributed by atoms with Gasteiger partial charge in [0, 0.05) is 0 Å². The normalized spacial score (nSPS) is 12.1. The maximum atomic E-state index is 12.3. The van der Waals surface area contributed by atoms with Gasteiger partial charge in [0.05, 0.1) is 24.2 Å². The highest BCUT2D eigenvalue weighted by molar-refractivity contribution is 7.92. The number of sulfonamides is 1. The Balaban J connectivity index is 1.48. The van der Waals surface area contributed by atoms with E-state index in [9.17, 15) is 18.0 Å². The van der Waals surface area contributed by atoms with E-state index in [2.05, 4.69) is 15.8 Å². The SMILES string of the molecule is Cc1cccc(N(CC(=O)N/N=C\c2ccc(OCC(=O)N[C@H](C)c3ccccc3)cc2)S(C)(=O)=O)c1. The van der Waals surface area contributed by atoms with Crippen LogP contribution in [0, 0.1) is 6.92 Å². The molecule has 0 unspecified atom stereocenters. The lowest BCUT2D eigenvalue weighted by atomic mass is 10.1. The molecular formula is C27H30N4O5S. The van der Waals surface area contributed by atoms with Crippen molar-refractivity contribution in [2.24, 2.45) is 5.10 Å². The zero-order valence-corrected chi connectivity index (χ0v) is 21.7. The number of benzene rings is 3. The van der Waals surface area contributed by atoms with Crippen LogP contribution in [0.3, 0.4) is 0 Å². The Bertz CT molecular complexity index is 1340. The van der Waals surface area contributed by atoms with Gasteiger partial charge in [0.2, 0.25) is 10.0 Å². The second-order valence-corrected chi connectivity index (χ2v) is 10.4. The highest BCUT2D eigenvalue weighted by atomic mass is 32.2. The first kappa shape index (κ1) is 27.4. The Kier molecular flexibility index (Phi) is 9.39. The van der Waals surface area contributed by atoms with E-state index in [0.29, 0.717) is 17.0 Å². The Labute approximate surface area is 217 Å². The molecule has 0 aliphatic carbocycles. The molecule has 1 atom stereocenters. The number of hydrogen-bond donors (Lipinski definition) is 2. The molecule has 0 aliphatic heterocycles. The predicted molar refractivity (Wildman–Crippen MR) is 144 cm³/mol. The minimum absolute atomic E-state index is 0.127. The van der Waals surface area contributed by atoms with Crippen LogP contribution in [-0.4, -0.2) is 45.9 Å². The molecule has 0 fully saturated rings. The van der Waals surface area contributed by atoms with Gasteiger partial charge in [0.25, 0.3) is 11.8 Å². The molecule has 0 aromatic heterocycles. The molecule has 0 saturated heterocycles. The summed E-state index contributed by atoms with van der Waals surface area (Å²) in [6.07, 6.45) is 2.47. The zero-order chi connectivity index (χ0) is 26.8. The molecule has 0 spiro atoms. The van der Waals surface area contributed by atoms with Crippen LogP contribution in [0.4, 0.5) is 5.69 Å². The molecule has 2 amide bonds. The smallest absolute Gasteiger partial charge is 0.260 e. The molecule has 2 N–H and O–H groups in total. The standard InChI is InChI=1S/C27H30N4O5S/c1-20-8-7-11-24(16-20)31(37(3,34)35)18-26(32)30-28-17-22-12-14-25(15-13-22)36-19-27(33)29-21(2)23-9-5-4-6-10-23/h4-17,21H,18-19H2,1-3H3,(H,29,33)(H,30,32)/b28-17-/t21-/m1/s1. The van der Waals surface area contributed by atoms with Crippen LogP contribution in [-0.2, 0) is 19.6 Å². The number of carbonyl (C=O) groups is 2. The van der Waals surface area contributed by atoms with Gasteiger partial charge in [0.15, 0.2) is 6.61 Å². The zero-order valence-electron chi connectivity index (χ0n) is 20.9. The summed E-state index contributed by atoms with van der Waals surface area (Å²) in [6.45, 7) is 3.21. The lowest BCUT2D eigenvalue weighted by Crippen LogP contribution is -2.39. The van der Waals surface area contributed by atoms with Crippen LogP contribution in [0.5, 0.6) is 5.75 Å². The predicted octanol–water partition coefficient (Wildman–Crippen LogP) is 3.17. The average molecular weight is 523 g/mol. The molecule has 0 bridgehead atoms. The van der Waals surface area contributed by atoms with Gasteiger partial charge in [-0.2, -0.15) is 5.10 Å². The van der Waals surface area contributed by atoms with Crippen molar-refractivity contribution < 1.29 is 22.7 Å². The summed E-state index contributed by atoms with van der Waals surface area (Å²) >= 11 is 0. The average Bonchev–Trinajstić information content (AvgIpc) is 2.86. The van der Waals surface area contributed by atoms with E-state index in [1.807, 2.05) is 50.2 Å². The van der Waals surface area contributed by atoms with Crippen molar-refractivity contribution in [2.75, 3.05) is 23.7 Å². The summed E-state index contributed by atoms with van der Waals surface area (Å²) in [7, 11) is -3.67. The second kappa shape index (κ2) is 12.7. The van der Waals surface area contributed by atoms with Gasteiger partial charge in [-0.25, -0.2) is 13.8 Å². The van der Waals surface area contributed by atoms with Gasteiger partial charge in [-0.1, -0.05) is 42.5 Å². The lowest BCUT2D eigenvalue weighted by Gasteiger charge is -2.21. The van der Waals surface area contributed by atoms with Crippen LogP contribution in [0.2, 0.25) is 0 Å². The molecule has 9 nitrogen and oxygen atoms in total. The molecule has 3 aromatic carbocycles. The summed E-state index contributed by atoms with van der Waals surface area (Å²) in [6, 6.07) is 23.2. The molecule has 3 rings (SSSR count). The van der Waals surface area contributed by atoms with Gasteiger partial charge >= 0.3 is 0 Å². The molecule has 0 radical (unpaired) electrons. The first-order valence-electron chi connectivity index (χ1n) is 11.6. The number of anilines is 1. The topological polar surface area (TPSA) is 117 Å². The van der Waals surface area contributed by atoms with E-state index in [1.54, 1.807) is 42.5 Å². The maximum Gasteiger partial charge on any atom is 0.260 e. The van der Waals surface area contributed by atoms with Crippen molar-refractivity contribution in [3.05, 3.63) is 95.6 Å². The monoisotopic (exact) mass is 522 g/mol. The number of amides is 2. The highest BCUT2D eigenvalue weighted by Crippen LogP contribution is 2.18. The first-order chi connectivity index (χ1) is 17.6. The van der Waals surface area contributed by atoms with Gasteiger partial charge < -0.3 is 10.1 Å². The van der Waals surface area contributed by atoms with Crippen LogP contribution >= 0.6 is 0 Å². The Morgan fingerprint density at radius 3 is 2.35 bits per heavy atom. The van der Waals surface area contributed by atoms with E-state index >= 15 is 0 Å². The minimum atomic E-state index is -3.67. The lowest BCUT2D eigenvalue weighted by molar-refractivity contribution is -0.123. The number of hydrazone groups is 1. The molecule has 194 valence electrons. The summed E-state index contributed by atoms with van der Waals surface area (Å²) in [5.41, 5.74) is 5.30. The number of aryl methyl sites for hydroxylation is 1. The molecule has 37 heavy (non-hydrogen) atoms. The number of nitrogens with one attached hydrogen (secondary N) is 2. The van der Waals surface area contributed by atoms with Crippen molar-refractivity contribution in [1.82, 2.24) is 10.7 Å². The van der Waals surface area contributed by atoms with Gasteiger partial charge in [-0.05, 0) is 66.9 Å². The Hall–Kier alpha value is -4.18. The quantitative estimate of drug-likeness (QED) is 0.296. The summed E-state index contributed by atoms with van der Waals surface area (Å²) in [5.74, 6) is -0.317. The number of rotatable bonds is 11. The van der Waals surface area contributed by atoms with Crippen LogP contribution in [0.15, 0.2) is 84.0 Å². The van der Waals surface area contributed by atoms with E-state index < -0.39 is 22.5 Å².